The Balaban J connectivity index is 2.22. The minimum Gasteiger partial charge on any atom is -0.444 e. The Morgan fingerprint density at radius 3 is 2.23 bits per heavy atom. The van der Waals surface area contributed by atoms with E-state index in [4.69, 9.17) is 4.74 Å². The molecule has 0 aliphatic carbocycles. The number of halogens is 1. The number of amides is 2. The van der Waals surface area contributed by atoms with Crippen LogP contribution < -0.4 is 10.6 Å². The molecule has 26 heavy (non-hydrogen) atoms. The lowest BCUT2D eigenvalue weighted by Crippen LogP contribution is -2.27. The summed E-state index contributed by atoms with van der Waals surface area (Å²) in [5.74, 6) is -0.930. The Morgan fingerprint density at radius 1 is 0.923 bits per heavy atom. The molecule has 0 aliphatic heterocycles. The summed E-state index contributed by atoms with van der Waals surface area (Å²) >= 11 is 0. The number of anilines is 2. The lowest BCUT2D eigenvalue weighted by atomic mass is 10.1. The van der Waals surface area contributed by atoms with Crippen molar-refractivity contribution < 1.29 is 18.7 Å². The van der Waals surface area contributed by atoms with Crippen molar-refractivity contribution in [3.05, 3.63) is 58.9 Å². The van der Waals surface area contributed by atoms with Crippen molar-refractivity contribution in [3.63, 3.8) is 0 Å². The molecule has 0 heterocycles. The zero-order valence-electron chi connectivity index (χ0n) is 15.6. The van der Waals surface area contributed by atoms with E-state index in [0.717, 1.165) is 17.2 Å². The summed E-state index contributed by atoms with van der Waals surface area (Å²) in [4.78, 5) is 24.4. The van der Waals surface area contributed by atoms with Crippen LogP contribution in [0.25, 0.3) is 0 Å². The SMILES string of the molecule is Cc1ccc(C(=O)Nc2cc(F)ccc2NC(=O)OC(C)(C)C)cc1C. The molecule has 0 radical (unpaired) electrons. The van der Waals surface area contributed by atoms with Crippen LogP contribution in [-0.2, 0) is 4.74 Å². The van der Waals surface area contributed by atoms with Crippen molar-refractivity contribution in [1.29, 1.82) is 0 Å². The molecule has 0 bridgehead atoms. The summed E-state index contributed by atoms with van der Waals surface area (Å²) in [5, 5.41) is 5.16. The van der Waals surface area contributed by atoms with Gasteiger partial charge in [0, 0.05) is 5.56 Å². The second kappa shape index (κ2) is 7.56. The van der Waals surface area contributed by atoms with E-state index in [9.17, 15) is 14.0 Å². The number of hydrogen-bond acceptors (Lipinski definition) is 3. The summed E-state index contributed by atoms with van der Waals surface area (Å²) in [6.07, 6.45) is -0.689. The molecule has 2 amide bonds. The Labute approximate surface area is 152 Å². The zero-order chi connectivity index (χ0) is 19.5. The van der Waals surface area contributed by atoms with Gasteiger partial charge in [0.05, 0.1) is 11.4 Å². The fourth-order valence-electron chi connectivity index (χ4n) is 2.22. The Kier molecular flexibility index (Phi) is 5.65. The molecule has 0 aromatic heterocycles. The third-order valence-electron chi connectivity index (χ3n) is 3.63. The first kappa shape index (κ1) is 19.4. The van der Waals surface area contributed by atoms with Gasteiger partial charge >= 0.3 is 6.09 Å². The number of aryl methyl sites for hydroxylation is 2. The van der Waals surface area contributed by atoms with E-state index in [2.05, 4.69) is 10.6 Å². The maximum atomic E-state index is 13.6. The Morgan fingerprint density at radius 2 is 1.62 bits per heavy atom. The summed E-state index contributed by atoms with van der Waals surface area (Å²) < 4.78 is 18.8. The van der Waals surface area contributed by atoms with Crippen molar-refractivity contribution in [2.45, 2.75) is 40.2 Å². The van der Waals surface area contributed by atoms with Gasteiger partial charge in [-0.1, -0.05) is 6.07 Å². The zero-order valence-corrected chi connectivity index (χ0v) is 15.6. The van der Waals surface area contributed by atoms with Crippen molar-refractivity contribution in [3.8, 4) is 0 Å². The van der Waals surface area contributed by atoms with Crippen molar-refractivity contribution in [2.75, 3.05) is 10.6 Å². The third kappa shape index (κ3) is 5.31. The van der Waals surface area contributed by atoms with Crippen molar-refractivity contribution in [1.82, 2.24) is 0 Å². The van der Waals surface area contributed by atoms with E-state index < -0.39 is 23.4 Å². The summed E-state index contributed by atoms with van der Waals surface area (Å²) in [6.45, 7) is 9.06. The topological polar surface area (TPSA) is 67.4 Å². The van der Waals surface area contributed by atoms with Crippen molar-refractivity contribution in [2.24, 2.45) is 0 Å². The fourth-order valence-corrected chi connectivity index (χ4v) is 2.22. The van der Waals surface area contributed by atoms with Gasteiger partial charge in [0.15, 0.2) is 0 Å². The van der Waals surface area contributed by atoms with Gasteiger partial charge in [-0.25, -0.2) is 9.18 Å². The molecule has 0 aliphatic rings. The monoisotopic (exact) mass is 358 g/mol. The maximum Gasteiger partial charge on any atom is 0.412 e. The number of nitrogens with one attached hydrogen (secondary N) is 2. The average molecular weight is 358 g/mol. The van der Waals surface area contributed by atoms with Gasteiger partial charge in [-0.15, -0.1) is 0 Å². The second-order valence-corrected chi connectivity index (χ2v) is 7.07. The summed E-state index contributed by atoms with van der Waals surface area (Å²) in [6, 6.07) is 9.00. The minimum absolute atomic E-state index is 0.152. The van der Waals surface area contributed by atoms with Crippen LogP contribution in [0.15, 0.2) is 36.4 Å². The van der Waals surface area contributed by atoms with Crippen molar-refractivity contribution >= 4 is 23.4 Å². The quantitative estimate of drug-likeness (QED) is 0.807. The normalized spacial score (nSPS) is 11.0. The number of benzene rings is 2. The first-order valence-corrected chi connectivity index (χ1v) is 8.23. The smallest absolute Gasteiger partial charge is 0.412 e. The molecule has 2 aromatic carbocycles. The van der Waals surface area contributed by atoms with Crippen LogP contribution in [0.5, 0.6) is 0 Å². The van der Waals surface area contributed by atoms with E-state index in [1.807, 2.05) is 19.9 Å². The number of rotatable bonds is 3. The van der Waals surface area contributed by atoms with E-state index in [0.29, 0.717) is 5.56 Å². The van der Waals surface area contributed by atoms with Crippen LogP contribution in [0.2, 0.25) is 0 Å². The first-order chi connectivity index (χ1) is 12.0. The van der Waals surface area contributed by atoms with E-state index in [-0.39, 0.29) is 11.4 Å². The molecule has 0 saturated carbocycles. The van der Waals surface area contributed by atoms with Gasteiger partial charge < -0.3 is 10.1 Å². The van der Waals surface area contributed by atoms with Gasteiger partial charge in [-0.05, 0) is 76.1 Å². The highest BCUT2D eigenvalue weighted by Gasteiger charge is 2.18. The van der Waals surface area contributed by atoms with E-state index in [1.54, 1.807) is 32.9 Å². The largest absolute Gasteiger partial charge is 0.444 e. The molecule has 2 rings (SSSR count). The molecule has 0 spiro atoms. The maximum absolute atomic E-state index is 13.6. The minimum atomic E-state index is -0.689. The molecule has 2 aromatic rings. The van der Waals surface area contributed by atoms with Crippen LogP contribution in [0.4, 0.5) is 20.6 Å². The Hall–Kier alpha value is -2.89. The first-order valence-electron chi connectivity index (χ1n) is 8.23. The van der Waals surface area contributed by atoms with E-state index >= 15 is 0 Å². The van der Waals surface area contributed by atoms with Gasteiger partial charge in [-0.3, -0.25) is 10.1 Å². The predicted molar refractivity (Wildman–Crippen MR) is 100 cm³/mol. The summed E-state index contributed by atoms with van der Waals surface area (Å²) in [5.41, 5.74) is 2.22. The van der Waals surface area contributed by atoms with Gasteiger partial charge in [0.1, 0.15) is 11.4 Å². The number of carbonyl (C=O) groups is 2. The molecule has 5 nitrogen and oxygen atoms in total. The van der Waals surface area contributed by atoms with Crippen LogP contribution >= 0.6 is 0 Å². The molecule has 0 saturated heterocycles. The van der Waals surface area contributed by atoms with Crippen LogP contribution in [0.3, 0.4) is 0 Å². The van der Waals surface area contributed by atoms with Crippen LogP contribution in [0.1, 0.15) is 42.3 Å². The van der Waals surface area contributed by atoms with Crippen LogP contribution in [0, 0.1) is 19.7 Å². The number of ether oxygens (including phenoxy) is 1. The van der Waals surface area contributed by atoms with Gasteiger partial charge in [0.2, 0.25) is 0 Å². The lowest BCUT2D eigenvalue weighted by molar-refractivity contribution is 0.0635. The molecule has 6 heteroatoms. The standard InChI is InChI=1S/C20H23FN2O3/c1-12-6-7-14(10-13(12)2)18(24)22-17-11-15(21)8-9-16(17)23-19(25)26-20(3,4)5/h6-11H,1-5H3,(H,22,24)(H,23,25). The predicted octanol–water partition coefficient (Wildman–Crippen LogP) is 5.04. The fraction of sp³-hybridized carbons (Fsp3) is 0.300. The molecule has 2 N–H and O–H groups in total. The summed E-state index contributed by atoms with van der Waals surface area (Å²) in [7, 11) is 0. The highest BCUT2D eigenvalue weighted by Crippen LogP contribution is 2.24. The highest BCUT2D eigenvalue weighted by atomic mass is 19.1. The van der Waals surface area contributed by atoms with Crippen LogP contribution in [-0.4, -0.2) is 17.6 Å². The number of hydrogen-bond donors (Lipinski definition) is 2. The molecule has 138 valence electrons. The second-order valence-electron chi connectivity index (χ2n) is 7.07. The van der Waals surface area contributed by atoms with Gasteiger partial charge in [-0.2, -0.15) is 0 Å². The molecule has 0 atom stereocenters. The highest BCUT2D eigenvalue weighted by molar-refractivity contribution is 6.07. The Bertz CT molecular complexity index is 841. The molecule has 0 unspecified atom stereocenters. The molecular weight excluding hydrogens is 335 g/mol. The number of carbonyl (C=O) groups excluding carboxylic acids is 2. The average Bonchev–Trinajstić information content (AvgIpc) is 2.50. The van der Waals surface area contributed by atoms with Gasteiger partial charge in [0.25, 0.3) is 5.91 Å². The lowest BCUT2D eigenvalue weighted by Gasteiger charge is -2.20. The third-order valence-corrected chi connectivity index (χ3v) is 3.63. The molecular formula is C20H23FN2O3. The molecule has 0 fully saturated rings. The van der Waals surface area contributed by atoms with E-state index in [1.165, 1.54) is 12.1 Å².